The van der Waals surface area contributed by atoms with Gasteiger partial charge in [-0.15, -0.1) is 0 Å². The van der Waals surface area contributed by atoms with Crippen LogP contribution in [0.15, 0.2) is 48.7 Å². The smallest absolute Gasteiger partial charge is 0.338 e. The first-order valence-electron chi connectivity index (χ1n) is 6.08. The van der Waals surface area contributed by atoms with E-state index >= 15 is 0 Å². The molecule has 0 saturated heterocycles. The molecule has 0 bridgehead atoms. The summed E-state index contributed by atoms with van der Waals surface area (Å²) in [6, 6.07) is 13.2. The second-order valence-corrected chi connectivity index (χ2v) is 4.48. The van der Waals surface area contributed by atoms with Gasteiger partial charge in [0.2, 0.25) is 0 Å². The van der Waals surface area contributed by atoms with Crippen molar-refractivity contribution in [1.82, 2.24) is 4.98 Å². The lowest BCUT2D eigenvalue weighted by atomic mass is 10.1. The highest BCUT2D eigenvalue weighted by molar-refractivity contribution is 6.29. The first-order valence-corrected chi connectivity index (χ1v) is 6.46. The standard InChI is InChI=1S/C15H14ClNO2/c16-14-11-13(8-9-17-14)15(18)19-10-4-7-12-5-2-1-3-6-12/h1-3,5-6,8-9,11H,4,7,10H2. The summed E-state index contributed by atoms with van der Waals surface area (Å²) in [5.74, 6) is -0.364. The van der Waals surface area contributed by atoms with Crippen LogP contribution in [-0.4, -0.2) is 17.6 Å². The molecule has 0 unspecified atom stereocenters. The maximum atomic E-state index is 11.7. The number of carbonyl (C=O) groups is 1. The van der Waals surface area contributed by atoms with Gasteiger partial charge in [0, 0.05) is 6.20 Å². The summed E-state index contributed by atoms with van der Waals surface area (Å²) in [6.45, 7) is 0.396. The van der Waals surface area contributed by atoms with Gasteiger partial charge in [-0.3, -0.25) is 0 Å². The molecule has 4 heteroatoms. The lowest BCUT2D eigenvalue weighted by Crippen LogP contribution is -2.07. The van der Waals surface area contributed by atoms with Crippen molar-refractivity contribution in [2.45, 2.75) is 12.8 Å². The average Bonchev–Trinajstić information content (AvgIpc) is 2.44. The predicted octanol–water partition coefficient (Wildman–Crippen LogP) is 3.52. The highest BCUT2D eigenvalue weighted by atomic mass is 35.5. The van der Waals surface area contributed by atoms with E-state index in [0.717, 1.165) is 12.8 Å². The van der Waals surface area contributed by atoms with Crippen LogP contribution in [0, 0.1) is 0 Å². The fourth-order valence-corrected chi connectivity index (χ4v) is 1.87. The van der Waals surface area contributed by atoms with Gasteiger partial charge in [0.05, 0.1) is 12.2 Å². The quantitative estimate of drug-likeness (QED) is 0.476. The van der Waals surface area contributed by atoms with Crippen LogP contribution in [0.5, 0.6) is 0 Å². The zero-order valence-corrected chi connectivity index (χ0v) is 11.1. The molecule has 1 aromatic carbocycles. The van der Waals surface area contributed by atoms with Crippen molar-refractivity contribution < 1.29 is 9.53 Å². The van der Waals surface area contributed by atoms with Crippen molar-refractivity contribution in [1.29, 1.82) is 0 Å². The molecule has 0 N–H and O–H groups in total. The molecule has 0 saturated carbocycles. The molecule has 0 fully saturated rings. The van der Waals surface area contributed by atoms with Gasteiger partial charge in [0.15, 0.2) is 0 Å². The second kappa shape index (κ2) is 6.90. The molecular weight excluding hydrogens is 262 g/mol. The minimum Gasteiger partial charge on any atom is -0.462 e. The summed E-state index contributed by atoms with van der Waals surface area (Å²) in [6.07, 6.45) is 3.18. The van der Waals surface area contributed by atoms with Crippen LogP contribution in [0.4, 0.5) is 0 Å². The normalized spacial score (nSPS) is 10.2. The Morgan fingerprint density at radius 2 is 2.00 bits per heavy atom. The molecule has 0 atom stereocenters. The Hall–Kier alpha value is -1.87. The summed E-state index contributed by atoms with van der Waals surface area (Å²) in [7, 11) is 0. The number of ether oxygens (including phenoxy) is 1. The van der Waals surface area contributed by atoms with Gasteiger partial charge in [-0.2, -0.15) is 0 Å². The molecule has 0 aliphatic heterocycles. The van der Waals surface area contributed by atoms with Crippen LogP contribution in [-0.2, 0) is 11.2 Å². The van der Waals surface area contributed by atoms with Crippen LogP contribution >= 0.6 is 11.6 Å². The van der Waals surface area contributed by atoms with Crippen LogP contribution in [0.3, 0.4) is 0 Å². The fourth-order valence-electron chi connectivity index (χ4n) is 1.70. The fraction of sp³-hybridized carbons (Fsp3) is 0.200. The van der Waals surface area contributed by atoms with Crippen molar-refractivity contribution in [3.63, 3.8) is 0 Å². The largest absolute Gasteiger partial charge is 0.462 e. The Balaban J connectivity index is 1.75. The van der Waals surface area contributed by atoms with E-state index in [1.54, 1.807) is 6.07 Å². The van der Waals surface area contributed by atoms with E-state index in [0.29, 0.717) is 17.3 Å². The Morgan fingerprint density at radius 1 is 1.21 bits per heavy atom. The minimum absolute atomic E-state index is 0.290. The third kappa shape index (κ3) is 4.38. The number of pyridine rings is 1. The Labute approximate surface area is 117 Å². The number of aryl methyl sites for hydroxylation is 1. The van der Waals surface area contributed by atoms with E-state index < -0.39 is 0 Å². The number of halogens is 1. The maximum absolute atomic E-state index is 11.7. The number of aromatic nitrogens is 1. The molecule has 1 heterocycles. The van der Waals surface area contributed by atoms with Gasteiger partial charge < -0.3 is 4.74 Å². The topological polar surface area (TPSA) is 39.2 Å². The van der Waals surface area contributed by atoms with Gasteiger partial charge in [0.25, 0.3) is 0 Å². The first-order chi connectivity index (χ1) is 9.25. The first kappa shape index (κ1) is 13.6. The monoisotopic (exact) mass is 275 g/mol. The second-order valence-electron chi connectivity index (χ2n) is 4.09. The Kier molecular flexibility index (Phi) is 4.93. The minimum atomic E-state index is -0.364. The lowest BCUT2D eigenvalue weighted by molar-refractivity contribution is 0.0500. The Bertz CT molecular complexity index is 543. The molecular formula is C15H14ClNO2. The average molecular weight is 276 g/mol. The zero-order chi connectivity index (χ0) is 13.5. The van der Waals surface area contributed by atoms with Crippen LogP contribution in [0.25, 0.3) is 0 Å². The van der Waals surface area contributed by atoms with Gasteiger partial charge in [-0.05, 0) is 30.5 Å². The van der Waals surface area contributed by atoms with Gasteiger partial charge in [0.1, 0.15) is 5.15 Å². The lowest BCUT2D eigenvalue weighted by Gasteiger charge is -2.05. The third-order valence-corrected chi connectivity index (χ3v) is 2.85. The molecule has 2 rings (SSSR count). The van der Waals surface area contributed by atoms with Crippen molar-refractivity contribution in [2.24, 2.45) is 0 Å². The number of carbonyl (C=O) groups excluding carboxylic acids is 1. The molecule has 2 aromatic rings. The molecule has 0 aliphatic carbocycles. The summed E-state index contributed by atoms with van der Waals surface area (Å²) in [5, 5.41) is 0.290. The predicted molar refractivity (Wildman–Crippen MR) is 74.3 cm³/mol. The van der Waals surface area contributed by atoms with E-state index in [9.17, 15) is 4.79 Å². The van der Waals surface area contributed by atoms with Crippen molar-refractivity contribution in [3.8, 4) is 0 Å². The SMILES string of the molecule is O=C(OCCCc1ccccc1)c1ccnc(Cl)c1. The van der Waals surface area contributed by atoms with Gasteiger partial charge >= 0.3 is 5.97 Å². The molecule has 0 radical (unpaired) electrons. The van der Waals surface area contributed by atoms with Crippen LogP contribution in [0.1, 0.15) is 22.3 Å². The van der Waals surface area contributed by atoms with Crippen molar-refractivity contribution >= 4 is 17.6 Å². The van der Waals surface area contributed by atoms with E-state index in [1.165, 1.54) is 17.8 Å². The van der Waals surface area contributed by atoms with Crippen LogP contribution in [0.2, 0.25) is 5.15 Å². The summed E-state index contributed by atoms with van der Waals surface area (Å²) >= 11 is 5.71. The molecule has 0 amide bonds. The van der Waals surface area contributed by atoms with Crippen LogP contribution < -0.4 is 0 Å². The zero-order valence-electron chi connectivity index (χ0n) is 10.4. The number of nitrogens with zero attached hydrogens (tertiary/aromatic N) is 1. The number of benzene rings is 1. The molecule has 19 heavy (non-hydrogen) atoms. The third-order valence-electron chi connectivity index (χ3n) is 2.65. The number of rotatable bonds is 5. The van der Waals surface area contributed by atoms with Gasteiger partial charge in [-0.25, -0.2) is 9.78 Å². The van der Waals surface area contributed by atoms with E-state index in [4.69, 9.17) is 16.3 Å². The Morgan fingerprint density at radius 3 is 2.74 bits per heavy atom. The molecule has 98 valence electrons. The highest BCUT2D eigenvalue weighted by Crippen LogP contribution is 2.09. The number of hydrogen-bond acceptors (Lipinski definition) is 3. The number of esters is 1. The van der Waals surface area contributed by atoms with Crippen molar-refractivity contribution in [2.75, 3.05) is 6.61 Å². The number of hydrogen-bond donors (Lipinski definition) is 0. The van der Waals surface area contributed by atoms with E-state index in [2.05, 4.69) is 17.1 Å². The van der Waals surface area contributed by atoms with Crippen molar-refractivity contribution in [3.05, 3.63) is 64.9 Å². The van der Waals surface area contributed by atoms with Gasteiger partial charge in [-0.1, -0.05) is 41.9 Å². The maximum Gasteiger partial charge on any atom is 0.338 e. The molecule has 1 aromatic heterocycles. The molecule has 0 spiro atoms. The highest BCUT2D eigenvalue weighted by Gasteiger charge is 2.07. The summed E-state index contributed by atoms with van der Waals surface area (Å²) < 4.78 is 5.18. The van der Waals surface area contributed by atoms with E-state index in [1.807, 2.05) is 18.2 Å². The molecule has 3 nitrogen and oxygen atoms in total. The molecule has 0 aliphatic rings. The summed E-state index contributed by atoms with van der Waals surface area (Å²) in [4.78, 5) is 15.5. The van der Waals surface area contributed by atoms with E-state index in [-0.39, 0.29) is 5.97 Å². The summed E-state index contributed by atoms with van der Waals surface area (Å²) in [5.41, 5.74) is 1.67.